The number of carbonyl (C=O) groups excluding carboxylic acids is 2. The van der Waals surface area contributed by atoms with Gasteiger partial charge in [0.05, 0.1) is 11.8 Å². The van der Waals surface area contributed by atoms with Crippen LogP contribution in [0.15, 0.2) is 17.1 Å². The molecule has 1 saturated carbocycles. The first-order valence-electron chi connectivity index (χ1n) is 10.7. The molecular formula is C22H31N5O5. The van der Waals surface area contributed by atoms with Crippen molar-refractivity contribution in [1.82, 2.24) is 24.4 Å². The summed E-state index contributed by atoms with van der Waals surface area (Å²) in [5.41, 5.74) is -1.26. The molecule has 1 aliphatic carbocycles. The Morgan fingerprint density at radius 1 is 1.38 bits per heavy atom. The molecule has 1 aliphatic rings. The van der Waals surface area contributed by atoms with E-state index in [1.165, 1.54) is 27.8 Å². The highest BCUT2D eigenvalue weighted by atomic mass is 16.3. The van der Waals surface area contributed by atoms with Gasteiger partial charge in [-0.05, 0) is 38.7 Å². The number of amides is 2. The fourth-order valence-corrected chi connectivity index (χ4v) is 3.50. The van der Waals surface area contributed by atoms with E-state index in [1.807, 2.05) is 13.8 Å². The number of fused-ring (bicyclic) bond motifs is 1. The van der Waals surface area contributed by atoms with E-state index in [9.17, 15) is 24.6 Å². The summed E-state index contributed by atoms with van der Waals surface area (Å²) in [6, 6.07) is 0.0264. The van der Waals surface area contributed by atoms with Gasteiger partial charge in [-0.3, -0.25) is 19.0 Å². The van der Waals surface area contributed by atoms with Crippen LogP contribution in [0.25, 0.3) is 11.7 Å². The number of rotatable bonds is 8. The molecule has 0 atom stereocenters. The second-order valence-corrected chi connectivity index (χ2v) is 9.43. The van der Waals surface area contributed by atoms with E-state index >= 15 is 0 Å². The number of aliphatic hydroxyl groups is 1. The van der Waals surface area contributed by atoms with Crippen LogP contribution >= 0.6 is 0 Å². The molecule has 0 spiro atoms. The number of nitrogens with zero attached hydrogens (tertiary/aromatic N) is 4. The Bertz CT molecular complexity index is 1120. The summed E-state index contributed by atoms with van der Waals surface area (Å²) in [5, 5.41) is 27.5. The highest BCUT2D eigenvalue weighted by Crippen LogP contribution is 2.23. The average Bonchev–Trinajstić information content (AvgIpc) is 3.37. The number of carbonyl (C=O) groups is 2. The van der Waals surface area contributed by atoms with Gasteiger partial charge in [0.1, 0.15) is 5.65 Å². The lowest BCUT2D eigenvalue weighted by molar-refractivity contribution is -0.127. The zero-order valence-electron chi connectivity index (χ0n) is 19.1. The maximum Gasteiger partial charge on any atom is 0.270 e. The van der Waals surface area contributed by atoms with Gasteiger partial charge in [-0.25, -0.2) is 0 Å². The Morgan fingerprint density at radius 2 is 2.03 bits per heavy atom. The standard InChI is InChI=1S/C22H31N5O5/c1-13(2)11-26-19-14(6-9-16(28)25(5)12-22(3,4)32)10-23-27(19)21(31)17(20(26)30)18(29)24-15-7-8-15/h6,9-10,13,15,31-32H,7-8,11-12H2,1-5H3,(H,24,29)/b9-6+. The fourth-order valence-electron chi connectivity index (χ4n) is 3.50. The Kier molecular flexibility index (Phi) is 6.45. The molecule has 174 valence electrons. The van der Waals surface area contributed by atoms with Crippen molar-refractivity contribution in [1.29, 1.82) is 0 Å². The highest BCUT2D eigenvalue weighted by Gasteiger charge is 2.30. The molecule has 10 nitrogen and oxygen atoms in total. The van der Waals surface area contributed by atoms with Crippen molar-refractivity contribution in [3.8, 4) is 5.88 Å². The van der Waals surface area contributed by atoms with Crippen molar-refractivity contribution in [2.45, 2.75) is 58.7 Å². The van der Waals surface area contributed by atoms with E-state index < -0.39 is 22.9 Å². The van der Waals surface area contributed by atoms with Crippen LogP contribution < -0.4 is 10.9 Å². The molecule has 2 amide bonds. The van der Waals surface area contributed by atoms with Crippen LogP contribution in [0.3, 0.4) is 0 Å². The van der Waals surface area contributed by atoms with Crippen LogP contribution in [0.5, 0.6) is 5.88 Å². The minimum atomic E-state index is -1.04. The van der Waals surface area contributed by atoms with Crippen molar-refractivity contribution >= 4 is 23.5 Å². The molecular weight excluding hydrogens is 414 g/mol. The van der Waals surface area contributed by atoms with Crippen molar-refractivity contribution in [3.05, 3.63) is 33.8 Å². The minimum Gasteiger partial charge on any atom is -0.492 e. The number of aromatic nitrogens is 3. The Morgan fingerprint density at radius 3 is 2.59 bits per heavy atom. The third-order valence-corrected chi connectivity index (χ3v) is 5.00. The van der Waals surface area contributed by atoms with Crippen LogP contribution in [-0.2, 0) is 11.3 Å². The summed E-state index contributed by atoms with van der Waals surface area (Å²) >= 11 is 0. The smallest absolute Gasteiger partial charge is 0.270 e. The largest absolute Gasteiger partial charge is 0.492 e. The van der Waals surface area contributed by atoms with E-state index in [2.05, 4.69) is 10.4 Å². The molecule has 0 aliphatic heterocycles. The lowest BCUT2D eigenvalue weighted by atomic mass is 10.1. The van der Waals surface area contributed by atoms with Gasteiger partial charge in [0.15, 0.2) is 5.56 Å². The molecule has 3 N–H and O–H groups in total. The van der Waals surface area contributed by atoms with Crippen LogP contribution in [0.2, 0.25) is 0 Å². The summed E-state index contributed by atoms with van der Waals surface area (Å²) in [6.45, 7) is 7.52. The van der Waals surface area contributed by atoms with Gasteiger partial charge in [-0.2, -0.15) is 9.61 Å². The Balaban J connectivity index is 2.05. The maximum atomic E-state index is 13.2. The minimum absolute atomic E-state index is 0.0264. The zero-order chi connectivity index (χ0) is 23.8. The number of hydrogen-bond donors (Lipinski definition) is 3. The van der Waals surface area contributed by atoms with Gasteiger partial charge in [-0.1, -0.05) is 13.8 Å². The molecule has 0 radical (unpaired) electrons. The van der Waals surface area contributed by atoms with Crippen molar-refractivity contribution < 1.29 is 19.8 Å². The van der Waals surface area contributed by atoms with E-state index in [0.29, 0.717) is 17.8 Å². The summed E-state index contributed by atoms with van der Waals surface area (Å²) in [6.07, 6.45) is 5.94. The summed E-state index contributed by atoms with van der Waals surface area (Å²) in [4.78, 5) is 39.6. The second kappa shape index (κ2) is 8.78. The van der Waals surface area contributed by atoms with Crippen LogP contribution in [0, 0.1) is 5.92 Å². The molecule has 0 aromatic carbocycles. The van der Waals surface area contributed by atoms with Crippen LogP contribution in [0.4, 0.5) is 0 Å². The normalized spacial score (nSPS) is 14.5. The first kappa shape index (κ1) is 23.5. The lowest BCUT2D eigenvalue weighted by Gasteiger charge is -2.24. The van der Waals surface area contributed by atoms with E-state index in [0.717, 1.165) is 17.4 Å². The van der Waals surface area contributed by atoms with Gasteiger partial charge >= 0.3 is 0 Å². The molecule has 10 heteroatoms. The average molecular weight is 446 g/mol. The molecule has 2 heterocycles. The molecule has 2 aromatic rings. The van der Waals surface area contributed by atoms with Crippen molar-refractivity contribution in [3.63, 3.8) is 0 Å². The van der Waals surface area contributed by atoms with E-state index in [-0.39, 0.29) is 30.0 Å². The highest BCUT2D eigenvalue weighted by molar-refractivity contribution is 5.97. The first-order valence-corrected chi connectivity index (χ1v) is 10.7. The predicted molar refractivity (Wildman–Crippen MR) is 119 cm³/mol. The van der Waals surface area contributed by atoms with Crippen LogP contribution in [-0.4, -0.2) is 66.3 Å². The Hall–Kier alpha value is -3.14. The number of likely N-dealkylation sites (N-methyl/N-ethyl adjacent to an activating group) is 1. The zero-order valence-corrected chi connectivity index (χ0v) is 19.1. The third-order valence-electron chi connectivity index (χ3n) is 5.00. The van der Waals surface area contributed by atoms with Gasteiger partial charge in [0.25, 0.3) is 11.5 Å². The van der Waals surface area contributed by atoms with Crippen LogP contribution in [0.1, 0.15) is 56.5 Å². The van der Waals surface area contributed by atoms with Gasteiger partial charge in [-0.15, -0.1) is 0 Å². The number of hydrogen-bond acceptors (Lipinski definition) is 6. The quantitative estimate of drug-likeness (QED) is 0.520. The summed E-state index contributed by atoms with van der Waals surface area (Å²) < 4.78 is 2.56. The lowest BCUT2D eigenvalue weighted by Crippen LogP contribution is -2.38. The topological polar surface area (TPSA) is 129 Å². The third kappa shape index (κ3) is 5.18. The van der Waals surface area contributed by atoms with Gasteiger partial charge in [0, 0.05) is 37.8 Å². The van der Waals surface area contributed by atoms with E-state index in [1.54, 1.807) is 20.9 Å². The second-order valence-electron chi connectivity index (χ2n) is 9.43. The fraction of sp³-hybridized carbons (Fsp3) is 0.545. The number of nitrogens with one attached hydrogen (secondary N) is 1. The van der Waals surface area contributed by atoms with Gasteiger partial charge in [0.2, 0.25) is 11.8 Å². The van der Waals surface area contributed by atoms with Gasteiger partial charge < -0.3 is 20.4 Å². The maximum absolute atomic E-state index is 13.2. The Labute approximate surface area is 186 Å². The summed E-state index contributed by atoms with van der Waals surface area (Å²) in [7, 11) is 1.58. The molecule has 0 bridgehead atoms. The predicted octanol–water partition coefficient (Wildman–Crippen LogP) is 0.992. The molecule has 1 fully saturated rings. The number of aromatic hydroxyl groups is 1. The molecule has 32 heavy (non-hydrogen) atoms. The van der Waals surface area contributed by atoms with Crippen molar-refractivity contribution in [2.75, 3.05) is 13.6 Å². The first-order chi connectivity index (χ1) is 14.9. The molecule has 0 saturated heterocycles. The summed E-state index contributed by atoms with van der Waals surface area (Å²) in [5.74, 6) is -1.42. The molecule has 0 unspecified atom stereocenters. The molecule has 3 rings (SSSR count). The van der Waals surface area contributed by atoms with Crippen molar-refractivity contribution in [2.24, 2.45) is 5.92 Å². The SMILES string of the molecule is CC(C)Cn1c(=O)c(C(=O)NC2CC2)c(O)n2ncc(/C=C/C(=O)N(C)CC(C)(C)O)c12. The van der Waals surface area contributed by atoms with E-state index in [4.69, 9.17) is 0 Å². The molecule has 2 aromatic heterocycles. The monoisotopic (exact) mass is 445 g/mol.